The third-order valence-electron chi connectivity index (χ3n) is 2.76. The second-order valence-electron chi connectivity index (χ2n) is 4.11. The van der Waals surface area contributed by atoms with E-state index in [9.17, 15) is 0 Å². The van der Waals surface area contributed by atoms with Gasteiger partial charge in [0.1, 0.15) is 0 Å². The Morgan fingerprint density at radius 1 is 1.06 bits per heavy atom. The van der Waals surface area contributed by atoms with Crippen molar-refractivity contribution in [3.8, 4) is 5.88 Å². The van der Waals surface area contributed by atoms with E-state index in [2.05, 4.69) is 29.2 Å². The van der Waals surface area contributed by atoms with Gasteiger partial charge >= 0.3 is 0 Å². The number of hydrogen-bond acceptors (Lipinski definition) is 3. The van der Waals surface area contributed by atoms with Gasteiger partial charge in [-0.15, -0.1) is 0 Å². The summed E-state index contributed by atoms with van der Waals surface area (Å²) in [4.78, 5) is 4.19. The SMILES string of the molecule is NCc1cccnc1OCCCc1ccccc1. The Hall–Kier alpha value is -1.87. The molecule has 0 radical (unpaired) electrons. The number of rotatable bonds is 6. The summed E-state index contributed by atoms with van der Waals surface area (Å²) in [5.41, 5.74) is 7.92. The molecule has 0 aliphatic carbocycles. The molecule has 0 aliphatic rings. The minimum Gasteiger partial charge on any atom is -0.477 e. The average Bonchev–Trinajstić information content (AvgIpc) is 2.45. The molecule has 1 heterocycles. The quantitative estimate of drug-likeness (QED) is 0.792. The summed E-state index contributed by atoms with van der Waals surface area (Å²) in [5, 5.41) is 0. The Morgan fingerprint density at radius 2 is 1.89 bits per heavy atom. The molecule has 0 saturated carbocycles. The summed E-state index contributed by atoms with van der Waals surface area (Å²) in [6, 6.07) is 14.2. The van der Waals surface area contributed by atoms with Crippen LogP contribution in [0.15, 0.2) is 48.7 Å². The van der Waals surface area contributed by atoms with Gasteiger partial charge in [0.25, 0.3) is 0 Å². The molecule has 2 N–H and O–H groups in total. The summed E-state index contributed by atoms with van der Waals surface area (Å²) < 4.78 is 5.66. The fraction of sp³-hybridized carbons (Fsp3) is 0.267. The molecule has 2 rings (SSSR count). The smallest absolute Gasteiger partial charge is 0.217 e. The molecule has 0 aliphatic heterocycles. The van der Waals surface area contributed by atoms with Gasteiger partial charge in [-0.1, -0.05) is 36.4 Å². The maximum absolute atomic E-state index is 5.66. The summed E-state index contributed by atoms with van der Waals surface area (Å²) in [5.74, 6) is 0.660. The van der Waals surface area contributed by atoms with Crippen LogP contribution in [0.5, 0.6) is 5.88 Å². The number of ether oxygens (including phenoxy) is 1. The van der Waals surface area contributed by atoms with E-state index in [1.54, 1.807) is 6.20 Å². The summed E-state index contributed by atoms with van der Waals surface area (Å²) >= 11 is 0. The van der Waals surface area contributed by atoms with Crippen molar-refractivity contribution in [2.45, 2.75) is 19.4 Å². The van der Waals surface area contributed by atoms with Gasteiger partial charge in [-0.25, -0.2) is 4.98 Å². The van der Waals surface area contributed by atoms with E-state index in [1.807, 2.05) is 18.2 Å². The zero-order valence-electron chi connectivity index (χ0n) is 10.4. The lowest BCUT2D eigenvalue weighted by atomic mass is 10.1. The molecule has 3 nitrogen and oxygen atoms in total. The van der Waals surface area contributed by atoms with Crippen LogP contribution in [-0.4, -0.2) is 11.6 Å². The number of nitrogens with two attached hydrogens (primary N) is 1. The van der Waals surface area contributed by atoms with Crippen LogP contribution >= 0.6 is 0 Å². The van der Waals surface area contributed by atoms with Gasteiger partial charge in [0, 0.05) is 18.3 Å². The van der Waals surface area contributed by atoms with Crippen molar-refractivity contribution in [2.24, 2.45) is 5.73 Å². The Bertz CT molecular complexity index is 471. The molecular weight excluding hydrogens is 224 g/mol. The summed E-state index contributed by atoms with van der Waals surface area (Å²) in [6.45, 7) is 1.13. The van der Waals surface area contributed by atoms with E-state index in [1.165, 1.54) is 5.56 Å². The second-order valence-corrected chi connectivity index (χ2v) is 4.11. The van der Waals surface area contributed by atoms with Gasteiger partial charge in [-0.3, -0.25) is 0 Å². The van der Waals surface area contributed by atoms with Gasteiger partial charge in [0.15, 0.2) is 0 Å². The second kappa shape index (κ2) is 6.77. The lowest BCUT2D eigenvalue weighted by Crippen LogP contribution is -2.06. The zero-order valence-corrected chi connectivity index (χ0v) is 10.4. The highest BCUT2D eigenvalue weighted by atomic mass is 16.5. The highest BCUT2D eigenvalue weighted by Gasteiger charge is 2.02. The third-order valence-corrected chi connectivity index (χ3v) is 2.76. The van der Waals surface area contributed by atoms with Crippen LogP contribution in [0.2, 0.25) is 0 Å². The molecule has 2 aromatic rings. The van der Waals surface area contributed by atoms with Gasteiger partial charge < -0.3 is 10.5 Å². The molecule has 0 amide bonds. The van der Waals surface area contributed by atoms with E-state index in [-0.39, 0.29) is 0 Å². The number of nitrogens with zero attached hydrogens (tertiary/aromatic N) is 1. The first-order valence-corrected chi connectivity index (χ1v) is 6.21. The van der Waals surface area contributed by atoms with Crippen LogP contribution in [0.25, 0.3) is 0 Å². The largest absolute Gasteiger partial charge is 0.477 e. The van der Waals surface area contributed by atoms with E-state index in [0.717, 1.165) is 18.4 Å². The van der Waals surface area contributed by atoms with Crippen molar-refractivity contribution >= 4 is 0 Å². The first-order chi connectivity index (χ1) is 8.90. The van der Waals surface area contributed by atoms with Crippen molar-refractivity contribution in [1.82, 2.24) is 4.98 Å². The predicted octanol–water partition coefficient (Wildman–Crippen LogP) is 2.55. The Kier molecular flexibility index (Phi) is 4.73. The number of aryl methyl sites for hydroxylation is 1. The highest BCUT2D eigenvalue weighted by Crippen LogP contribution is 2.13. The fourth-order valence-corrected chi connectivity index (χ4v) is 1.80. The van der Waals surface area contributed by atoms with Gasteiger partial charge in [0.2, 0.25) is 5.88 Å². The maximum Gasteiger partial charge on any atom is 0.217 e. The summed E-state index contributed by atoms with van der Waals surface area (Å²) in [7, 11) is 0. The fourth-order valence-electron chi connectivity index (χ4n) is 1.80. The molecule has 18 heavy (non-hydrogen) atoms. The lowest BCUT2D eigenvalue weighted by Gasteiger charge is -2.08. The Balaban J connectivity index is 1.78. The molecule has 94 valence electrons. The normalized spacial score (nSPS) is 10.3. The van der Waals surface area contributed by atoms with Gasteiger partial charge in [-0.2, -0.15) is 0 Å². The first kappa shape index (κ1) is 12.6. The van der Waals surface area contributed by atoms with Crippen LogP contribution in [0, 0.1) is 0 Å². The topological polar surface area (TPSA) is 48.1 Å². The molecule has 0 spiro atoms. The lowest BCUT2D eigenvalue weighted by molar-refractivity contribution is 0.296. The molecule has 0 fully saturated rings. The minimum atomic E-state index is 0.460. The number of pyridine rings is 1. The number of benzene rings is 1. The van der Waals surface area contributed by atoms with E-state index >= 15 is 0 Å². The maximum atomic E-state index is 5.66. The standard InChI is InChI=1S/C15H18N2O/c16-12-14-9-4-10-17-15(14)18-11-5-8-13-6-2-1-3-7-13/h1-4,6-7,9-10H,5,8,11-12,16H2. The van der Waals surface area contributed by atoms with Crippen LogP contribution < -0.4 is 10.5 Å². The van der Waals surface area contributed by atoms with Crippen molar-refractivity contribution in [1.29, 1.82) is 0 Å². The highest BCUT2D eigenvalue weighted by molar-refractivity contribution is 5.24. The molecule has 0 bridgehead atoms. The molecule has 0 unspecified atom stereocenters. The van der Waals surface area contributed by atoms with Crippen molar-refractivity contribution < 1.29 is 4.74 Å². The van der Waals surface area contributed by atoms with Gasteiger partial charge in [0.05, 0.1) is 6.61 Å². The van der Waals surface area contributed by atoms with Gasteiger partial charge in [-0.05, 0) is 24.5 Å². The number of aromatic nitrogens is 1. The molecule has 1 aromatic heterocycles. The Morgan fingerprint density at radius 3 is 2.67 bits per heavy atom. The average molecular weight is 242 g/mol. The number of hydrogen-bond donors (Lipinski definition) is 1. The first-order valence-electron chi connectivity index (χ1n) is 6.21. The van der Waals surface area contributed by atoms with Crippen LogP contribution in [0.3, 0.4) is 0 Å². The zero-order chi connectivity index (χ0) is 12.6. The van der Waals surface area contributed by atoms with E-state index in [0.29, 0.717) is 19.0 Å². The van der Waals surface area contributed by atoms with Crippen molar-refractivity contribution in [2.75, 3.05) is 6.61 Å². The van der Waals surface area contributed by atoms with E-state index in [4.69, 9.17) is 10.5 Å². The Labute approximate surface area is 108 Å². The van der Waals surface area contributed by atoms with Crippen molar-refractivity contribution in [3.63, 3.8) is 0 Å². The molecule has 3 heteroatoms. The van der Waals surface area contributed by atoms with Crippen LogP contribution in [-0.2, 0) is 13.0 Å². The minimum absolute atomic E-state index is 0.460. The van der Waals surface area contributed by atoms with Crippen molar-refractivity contribution in [3.05, 3.63) is 59.8 Å². The predicted molar refractivity (Wildman–Crippen MR) is 72.4 cm³/mol. The third kappa shape index (κ3) is 3.57. The van der Waals surface area contributed by atoms with E-state index < -0.39 is 0 Å². The molecular formula is C15H18N2O. The van der Waals surface area contributed by atoms with Crippen LogP contribution in [0.4, 0.5) is 0 Å². The molecule has 0 saturated heterocycles. The molecule has 1 aromatic carbocycles. The monoisotopic (exact) mass is 242 g/mol. The molecule has 0 atom stereocenters. The summed E-state index contributed by atoms with van der Waals surface area (Å²) in [6.07, 6.45) is 3.72. The van der Waals surface area contributed by atoms with Crippen LogP contribution in [0.1, 0.15) is 17.5 Å².